The first-order chi connectivity index (χ1) is 15.1. The fourth-order valence-corrected chi connectivity index (χ4v) is 4.90. The molecule has 8 heteroatoms. The summed E-state index contributed by atoms with van der Waals surface area (Å²) < 4.78 is 26.9. The van der Waals surface area contributed by atoms with Gasteiger partial charge in [0.1, 0.15) is 6.04 Å². The van der Waals surface area contributed by atoms with Crippen molar-refractivity contribution in [3.63, 3.8) is 0 Å². The Bertz CT molecular complexity index is 1020. The standard InChI is InChI=1S/C24H33N3O4S/c1-6-27(7-2)32(30,31)21-15-11-14-20(16-21)23(28)26-22(17(3)4)24(29)25-18(5)19-12-9-8-10-13-19/h8-18,22H,6-7H2,1-5H3,(H,25,29)(H,26,28)/t18-,22+/m1/s1. The van der Waals surface area contributed by atoms with Gasteiger partial charge in [0.05, 0.1) is 10.9 Å². The van der Waals surface area contributed by atoms with Gasteiger partial charge in [0.25, 0.3) is 5.91 Å². The van der Waals surface area contributed by atoms with Crippen LogP contribution in [-0.2, 0) is 14.8 Å². The molecule has 7 nitrogen and oxygen atoms in total. The SMILES string of the molecule is CCN(CC)S(=O)(=O)c1cccc(C(=O)N[C@H](C(=O)N[C@H](C)c2ccccc2)C(C)C)c1. The van der Waals surface area contributed by atoms with E-state index in [9.17, 15) is 18.0 Å². The third-order valence-electron chi connectivity index (χ3n) is 5.33. The lowest BCUT2D eigenvalue weighted by molar-refractivity contribution is -0.124. The zero-order valence-corrected chi connectivity index (χ0v) is 20.1. The Hall–Kier alpha value is -2.71. The molecule has 2 aromatic carbocycles. The summed E-state index contributed by atoms with van der Waals surface area (Å²) in [5.41, 5.74) is 1.15. The molecule has 2 amide bonds. The number of sulfonamides is 1. The highest BCUT2D eigenvalue weighted by molar-refractivity contribution is 7.89. The molecule has 0 saturated heterocycles. The van der Waals surface area contributed by atoms with Crippen LogP contribution in [0.3, 0.4) is 0 Å². The van der Waals surface area contributed by atoms with E-state index in [4.69, 9.17) is 0 Å². The van der Waals surface area contributed by atoms with Crippen molar-refractivity contribution in [1.82, 2.24) is 14.9 Å². The molecule has 0 fully saturated rings. The fourth-order valence-electron chi connectivity index (χ4n) is 3.40. The molecule has 0 bridgehead atoms. The summed E-state index contributed by atoms with van der Waals surface area (Å²) in [7, 11) is -3.69. The summed E-state index contributed by atoms with van der Waals surface area (Å²) in [5, 5.41) is 5.71. The van der Waals surface area contributed by atoms with Crippen molar-refractivity contribution in [3.05, 3.63) is 65.7 Å². The number of rotatable bonds is 10. The molecule has 2 atom stereocenters. The molecular weight excluding hydrogens is 426 g/mol. The van der Waals surface area contributed by atoms with Crippen LogP contribution >= 0.6 is 0 Å². The van der Waals surface area contributed by atoms with Crippen LogP contribution < -0.4 is 10.6 Å². The fraction of sp³-hybridized carbons (Fsp3) is 0.417. The van der Waals surface area contributed by atoms with Crippen molar-refractivity contribution in [2.75, 3.05) is 13.1 Å². The Kier molecular flexibility index (Phi) is 8.98. The Morgan fingerprint density at radius 3 is 2.09 bits per heavy atom. The minimum Gasteiger partial charge on any atom is -0.348 e. The molecule has 0 aromatic heterocycles. The number of hydrogen-bond donors (Lipinski definition) is 2. The predicted octanol–water partition coefficient (Wildman–Crippen LogP) is 3.35. The number of amides is 2. The van der Waals surface area contributed by atoms with Crippen LogP contribution in [0.25, 0.3) is 0 Å². The smallest absolute Gasteiger partial charge is 0.251 e. The van der Waals surface area contributed by atoms with Gasteiger partial charge in [-0.1, -0.05) is 64.1 Å². The van der Waals surface area contributed by atoms with Crippen LogP contribution in [0.5, 0.6) is 0 Å². The largest absolute Gasteiger partial charge is 0.348 e. The molecule has 0 saturated carbocycles. The number of nitrogens with one attached hydrogen (secondary N) is 2. The lowest BCUT2D eigenvalue weighted by Crippen LogP contribution is -2.50. The molecule has 32 heavy (non-hydrogen) atoms. The van der Waals surface area contributed by atoms with Crippen molar-refractivity contribution in [2.45, 2.75) is 51.6 Å². The summed E-state index contributed by atoms with van der Waals surface area (Å²) in [6, 6.07) is 14.5. The highest BCUT2D eigenvalue weighted by Gasteiger charge is 2.27. The van der Waals surface area contributed by atoms with Crippen molar-refractivity contribution in [2.24, 2.45) is 5.92 Å². The van der Waals surface area contributed by atoms with E-state index in [2.05, 4.69) is 10.6 Å². The zero-order chi connectivity index (χ0) is 23.9. The van der Waals surface area contributed by atoms with Crippen molar-refractivity contribution < 1.29 is 18.0 Å². The molecule has 0 aliphatic rings. The molecular formula is C24H33N3O4S. The number of benzene rings is 2. The minimum absolute atomic E-state index is 0.0529. The van der Waals surface area contributed by atoms with Crippen LogP contribution in [0.2, 0.25) is 0 Å². The first-order valence-electron chi connectivity index (χ1n) is 10.9. The third-order valence-corrected chi connectivity index (χ3v) is 7.38. The quantitative estimate of drug-likeness (QED) is 0.570. The van der Waals surface area contributed by atoms with Crippen LogP contribution in [-0.4, -0.2) is 43.7 Å². The normalized spacial score (nSPS) is 13.6. The highest BCUT2D eigenvalue weighted by atomic mass is 32.2. The molecule has 2 N–H and O–H groups in total. The molecule has 0 radical (unpaired) electrons. The molecule has 2 aromatic rings. The Labute approximate surface area is 191 Å². The van der Waals surface area contributed by atoms with Gasteiger partial charge < -0.3 is 10.6 Å². The topological polar surface area (TPSA) is 95.6 Å². The maximum atomic E-state index is 12.9. The predicted molar refractivity (Wildman–Crippen MR) is 126 cm³/mol. The lowest BCUT2D eigenvalue weighted by Gasteiger charge is -2.24. The molecule has 0 unspecified atom stereocenters. The van der Waals surface area contributed by atoms with Crippen LogP contribution in [0.4, 0.5) is 0 Å². The van der Waals surface area contributed by atoms with E-state index in [0.29, 0.717) is 13.1 Å². The van der Waals surface area contributed by atoms with Gasteiger partial charge in [-0.05, 0) is 36.6 Å². The summed E-state index contributed by atoms with van der Waals surface area (Å²) in [6.45, 7) is 9.78. The van der Waals surface area contributed by atoms with E-state index in [1.807, 2.05) is 51.1 Å². The Balaban J connectivity index is 2.19. The van der Waals surface area contributed by atoms with Crippen LogP contribution in [0, 0.1) is 5.92 Å². The van der Waals surface area contributed by atoms with Gasteiger partial charge in [0, 0.05) is 18.7 Å². The number of carbonyl (C=O) groups excluding carboxylic acids is 2. The second-order valence-corrected chi connectivity index (χ2v) is 9.89. The summed E-state index contributed by atoms with van der Waals surface area (Å²) in [4.78, 5) is 25.9. The molecule has 0 heterocycles. The van der Waals surface area contributed by atoms with Crippen LogP contribution in [0.15, 0.2) is 59.5 Å². The monoisotopic (exact) mass is 459 g/mol. The summed E-state index contributed by atoms with van der Waals surface area (Å²) in [5.74, 6) is -0.955. The average molecular weight is 460 g/mol. The second kappa shape index (κ2) is 11.2. The van der Waals surface area contributed by atoms with Gasteiger partial charge in [-0.2, -0.15) is 4.31 Å². The van der Waals surface area contributed by atoms with E-state index in [1.165, 1.54) is 22.5 Å². The Morgan fingerprint density at radius 1 is 0.906 bits per heavy atom. The maximum Gasteiger partial charge on any atom is 0.251 e. The maximum absolute atomic E-state index is 12.9. The molecule has 0 spiro atoms. The number of nitrogens with zero attached hydrogens (tertiary/aromatic N) is 1. The van der Waals surface area contributed by atoms with Crippen molar-refractivity contribution in [1.29, 1.82) is 0 Å². The highest BCUT2D eigenvalue weighted by Crippen LogP contribution is 2.18. The van der Waals surface area contributed by atoms with Crippen molar-refractivity contribution >= 4 is 21.8 Å². The first kappa shape index (κ1) is 25.5. The minimum atomic E-state index is -3.69. The average Bonchev–Trinajstić information content (AvgIpc) is 2.78. The number of hydrogen-bond acceptors (Lipinski definition) is 4. The third kappa shape index (κ3) is 6.17. The van der Waals surface area contributed by atoms with E-state index >= 15 is 0 Å². The van der Waals surface area contributed by atoms with E-state index in [1.54, 1.807) is 19.9 Å². The summed E-state index contributed by atoms with van der Waals surface area (Å²) >= 11 is 0. The Morgan fingerprint density at radius 2 is 1.53 bits per heavy atom. The first-order valence-corrected chi connectivity index (χ1v) is 12.3. The van der Waals surface area contributed by atoms with Crippen molar-refractivity contribution in [3.8, 4) is 0 Å². The zero-order valence-electron chi connectivity index (χ0n) is 19.3. The molecule has 2 rings (SSSR count). The van der Waals surface area contributed by atoms with Gasteiger partial charge >= 0.3 is 0 Å². The van der Waals surface area contributed by atoms with Gasteiger partial charge in [-0.3, -0.25) is 9.59 Å². The van der Waals surface area contributed by atoms with Gasteiger partial charge in [0.15, 0.2) is 0 Å². The molecule has 0 aliphatic carbocycles. The lowest BCUT2D eigenvalue weighted by atomic mass is 10.0. The van der Waals surface area contributed by atoms with E-state index in [0.717, 1.165) is 5.56 Å². The van der Waals surface area contributed by atoms with Gasteiger partial charge in [0.2, 0.25) is 15.9 Å². The summed E-state index contributed by atoms with van der Waals surface area (Å²) in [6.07, 6.45) is 0. The van der Waals surface area contributed by atoms with E-state index in [-0.39, 0.29) is 28.3 Å². The second-order valence-electron chi connectivity index (χ2n) is 7.95. The van der Waals surface area contributed by atoms with E-state index < -0.39 is 22.0 Å². The van der Waals surface area contributed by atoms with Gasteiger partial charge in [-0.15, -0.1) is 0 Å². The van der Waals surface area contributed by atoms with Gasteiger partial charge in [-0.25, -0.2) is 8.42 Å². The number of carbonyl (C=O) groups is 2. The van der Waals surface area contributed by atoms with Crippen LogP contribution in [0.1, 0.15) is 56.6 Å². The molecule has 174 valence electrons. The molecule has 0 aliphatic heterocycles.